The summed E-state index contributed by atoms with van der Waals surface area (Å²) < 4.78 is 25.7. The minimum absolute atomic E-state index is 0.0618. The Kier molecular flexibility index (Phi) is 6.72. The molecular weight excluding hydrogens is 274 g/mol. The van der Waals surface area contributed by atoms with E-state index in [0.717, 1.165) is 4.31 Å². The van der Waals surface area contributed by atoms with Crippen LogP contribution in [-0.4, -0.2) is 61.0 Å². The van der Waals surface area contributed by atoms with E-state index in [1.54, 1.807) is 27.9 Å². The van der Waals surface area contributed by atoms with Gasteiger partial charge in [0.2, 0.25) is 15.9 Å². The summed E-state index contributed by atoms with van der Waals surface area (Å²) in [7, 11) is -0.517. The second-order valence-corrected chi connectivity index (χ2v) is 6.65. The molecule has 0 rings (SSSR count). The van der Waals surface area contributed by atoms with Crippen LogP contribution in [0, 0.1) is 0 Å². The zero-order valence-corrected chi connectivity index (χ0v) is 12.8. The van der Waals surface area contributed by atoms with E-state index in [-0.39, 0.29) is 24.0 Å². The van der Waals surface area contributed by atoms with Gasteiger partial charge in [0.05, 0.1) is 11.5 Å². The van der Waals surface area contributed by atoms with Gasteiger partial charge in [-0.2, -0.15) is 4.31 Å². The molecule has 2 N–H and O–H groups in total. The standard InChI is InChI=1S/C10H21N3O3S2/c1-5-8(10(11)17)18(15,16)13(6-2)7-9(14)12(3)4/h8H,5-7H2,1-4H3,(H2,11,17). The highest BCUT2D eigenvalue weighted by atomic mass is 32.2. The van der Waals surface area contributed by atoms with E-state index < -0.39 is 15.3 Å². The molecule has 0 aromatic rings. The van der Waals surface area contributed by atoms with Gasteiger partial charge in [-0.25, -0.2) is 8.42 Å². The molecule has 0 fully saturated rings. The van der Waals surface area contributed by atoms with Crippen molar-refractivity contribution in [1.29, 1.82) is 0 Å². The summed E-state index contributed by atoms with van der Waals surface area (Å²) in [5.41, 5.74) is 5.45. The molecule has 1 unspecified atom stereocenters. The molecule has 0 aliphatic rings. The number of thiocarbonyl (C=S) groups is 1. The number of carbonyl (C=O) groups is 1. The van der Waals surface area contributed by atoms with Gasteiger partial charge in [-0.05, 0) is 6.42 Å². The predicted molar refractivity (Wildman–Crippen MR) is 75.7 cm³/mol. The van der Waals surface area contributed by atoms with E-state index in [1.165, 1.54) is 4.90 Å². The fraction of sp³-hybridized carbons (Fsp3) is 0.800. The van der Waals surface area contributed by atoms with E-state index in [0.29, 0.717) is 6.42 Å². The van der Waals surface area contributed by atoms with Crippen LogP contribution in [0.5, 0.6) is 0 Å². The lowest BCUT2D eigenvalue weighted by Crippen LogP contribution is -2.47. The van der Waals surface area contributed by atoms with Crippen LogP contribution in [0.1, 0.15) is 20.3 Å². The molecule has 0 saturated carbocycles. The first kappa shape index (κ1) is 17.3. The number of sulfonamides is 1. The number of hydrogen-bond acceptors (Lipinski definition) is 4. The summed E-state index contributed by atoms with van der Waals surface area (Å²) in [6.07, 6.45) is 0.296. The van der Waals surface area contributed by atoms with Crippen LogP contribution in [0.25, 0.3) is 0 Å². The Balaban J connectivity index is 5.15. The van der Waals surface area contributed by atoms with Crippen LogP contribution in [0.2, 0.25) is 0 Å². The summed E-state index contributed by atoms with van der Waals surface area (Å²) in [5.74, 6) is -0.279. The molecule has 0 spiro atoms. The molecule has 0 aromatic heterocycles. The Bertz CT molecular complexity index is 407. The number of amides is 1. The number of rotatable bonds is 7. The van der Waals surface area contributed by atoms with Crippen molar-refractivity contribution in [2.24, 2.45) is 5.73 Å². The topological polar surface area (TPSA) is 83.7 Å². The molecule has 18 heavy (non-hydrogen) atoms. The molecule has 106 valence electrons. The first-order chi connectivity index (χ1) is 8.18. The number of nitrogens with zero attached hydrogens (tertiary/aromatic N) is 2. The van der Waals surface area contributed by atoms with E-state index in [1.807, 2.05) is 0 Å². The molecule has 6 nitrogen and oxygen atoms in total. The third kappa shape index (κ3) is 4.18. The smallest absolute Gasteiger partial charge is 0.237 e. The molecular formula is C10H21N3O3S2. The second-order valence-electron chi connectivity index (χ2n) is 4.06. The minimum Gasteiger partial charge on any atom is -0.392 e. The molecule has 0 aliphatic heterocycles. The van der Waals surface area contributed by atoms with Crippen molar-refractivity contribution in [2.45, 2.75) is 25.5 Å². The summed E-state index contributed by atoms with van der Waals surface area (Å²) in [5, 5.41) is -0.914. The third-order valence-electron chi connectivity index (χ3n) is 2.57. The van der Waals surface area contributed by atoms with Crippen LogP contribution < -0.4 is 5.73 Å². The maximum atomic E-state index is 12.3. The minimum atomic E-state index is -3.67. The Morgan fingerprint density at radius 1 is 1.33 bits per heavy atom. The SMILES string of the molecule is CCC(C(N)=S)S(=O)(=O)N(CC)CC(=O)N(C)C. The molecule has 1 amide bonds. The summed E-state index contributed by atoms with van der Waals surface area (Å²) in [6.45, 7) is 3.39. The monoisotopic (exact) mass is 295 g/mol. The van der Waals surface area contributed by atoms with Gasteiger partial charge in [-0.15, -0.1) is 0 Å². The van der Waals surface area contributed by atoms with Gasteiger partial charge in [0, 0.05) is 20.6 Å². The average Bonchev–Trinajstić information content (AvgIpc) is 2.24. The highest BCUT2D eigenvalue weighted by Gasteiger charge is 2.33. The molecule has 8 heteroatoms. The predicted octanol–water partition coefficient (Wildman–Crippen LogP) is -0.209. The average molecular weight is 295 g/mol. The molecule has 0 bridgehead atoms. The van der Waals surface area contributed by atoms with Gasteiger partial charge in [0.15, 0.2) is 0 Å². The van der Waals surface area contributed by atoms with Crippen LogP contribution in [0.15, 0.2) is 0 Å². The third-order valence-corrected chi connectivity index (χ3v) is 5.42. The normalized spacial score (nSPS) is 13.4. The molecule has 1 atom stereocenters. The first-order valence-electron chi connectivity index (χ1n) is 5.66. The Labute approximate surface area is 114 Å². The maximum Gasteiger partial charge on any atom is 0.237 e. The number of likely N-dealkylation sites (N-methyl/N-ethyl adjacent to an activating group) is 2. The van der Waals surface area contributed by atoms with Crippen molar-refractivity contribution < 1.29 is 13.2 Å². The van der Waals surface area contributed by atoms with Gasteiger partial charge in [0.25, 0.3) is 0 Å². The van der Waals surface area contributed by atoms with Crippen LogP contribution in [-0.2, 0) is 14.8 Å². The van der Waals surface area contributed by atoms with Gasteiger partial charge in [0.1, 0.15) is 5.25 Å². The van der Waals surface area contributed by atoms with Crippen LogP contribution in [0.3, 0.4) is 0 Å². The van der Waals surface area contributed by atoms with Crippen molar-refractivity contribution in [3.05, 3.63) is 0 Å². The summed E-state index contributed by atoms with van der Waals surface area (Å²) in [6, 6.07) is 0. The number of nitrogens with two attached hydrogens (primary N) is 1. The molecule has 0 saturated heterocycles. The largest absolute Gasteiger partial charge is 0.392 e. The van der Waals surface area contributed by atoms with Crippen molar-refractivity contribution in [1.82, 2.24) is 9.21 Å². The van der Waals surface area contributed by atoms with Crippen molar-refractivity contribution in [3.8, 4) is 0 Å². The molecule has 0 aliphatic carbocycles. The molecule has 0 aromatic carbocycles. The van der Waals surface area contributed by atoms with Gasteiger partial charge >= 0.3 is 0 Å². The first-order valence-corrected chi connectivity index (χ1v) is 7.58. The Morgan fingerprint density at radius 2 is 1.83 bits per heavy atom. The fourth-order valence-corrected chi connectivity index (χ4v) is 3.67. The van der Waals surface area contributed by atoms with Crippen molar-refractivity contribution >= 4 is 33.1 Å². The quantitative estimate of drug-likeness (QED) is 0.657. The Hall–Kier alpha value is -0.730. The highest BCUT2D eigenvalue weighted by molar-refractivity contribution is 7.92. The van der Waals surface area contributed by atoms with Gasteiger partial charge in [-0.1, -0.05) is 26.1 Å². The van der Waals surface area contributed by atoms with E-state index >= 15 is 0 Å². The highest BCUT2D eigenvalue weighted by Crippen LogP contribution is 2.13. The summed E-state index contributed by atoms with van der Waals surface area (Å²) >= 11 is 4.77. The number of carbonyl (C=O) groups excluding carboxylic acids is 1. The van der Waals surface area contributed by atoms with Crippen molar-refractivity contribution in [3.63, 3.8) is 0 Å². The molecule has 0 heterocycles. The number of hydrogen-bond donors (Lipinski definition) is 1. The zero-order valence-electron chi connectivity index (χ0n) is 11.2. The lowest BCUT2D eigenvalue weighted by Gasteiger charge is -2.26. The van der Waals surface area contributed by atoms with Crippen LogP contribution >= 0.6 is 12.2 Å². The maximum absolute atomic E-state index is 12.3. The zero-order chi connectivity index (χ0) is 14.5. The van der Waals surface area contributed by atoms with Gasteiger partial charge < -0.3 is 10.6 Å². The van der Waals surface area contributed by atoms with Crippen molar-refractivity contribution in [2.75, 3.05) is 27.2 Å². The van der Waals surface area contributed by atoms with E-state index in [4.69, 9.17) is 18.0 Å². The lowest BCUT2D eigenvalue weighted by molar-refractivity contribution is -0.128. The molecule has 0 radical (unpaired) electrons. The van der Waals surface area contributed by atoms with Gasteiger partial charge in [-0.3, -0.25) is 4.79 Å². The van der Waals surface area contributed by atoms with E-state index in [9.17, 15) is 13.2 Å². The van der Waals surface area contributed by atoms with E-state index in [2.05, 4.69) is 0 Å². The summed E-state index contributed by atoms with van der Waals surface area (Å²) in [4.78, 5) is 12.9. The fourth-order valence-electron chi connectivity index (χ4n) is 1.41. The van der Waals surface area contributed by atoms with Crippen LogP contribution in [0.4, 0.5) is 0 Å². The second kappa shape index (κ2) is 7.01. The lowest BCUT2D eigenvalue weighted by atomic mass is 10.3. The Morgan fingerprint density at radius 3 is 2.11 bits per heavy atom.